The number of alkyl halides is 1. The smallest absolute Gasteiger partial charge is 0.138 e. The van der Waals surface area contributed by atoms with Gasteiger partial charge in [0.15, 0.2) is 0 Å². The Kier molecular flexibility index (Phi) is 5.50. The molecule has 0 aromatic heterocycles. The van der Waals surface area contributed by atoms with Gasteiger partial charge in [-0.05, 0) is 29.8 Å². The molecule has 2 rings (SSSR count). The zero-order chi connectivity index (χ0) is 15.6. The Bertz CT molecular complexity index is 658. The van der Waals surface area contributed by atoms with E-state index in [-0.39, 0.29) is 0 Å². The molecule has 0 saturated heterocycles. The highest BCUT2D eigenvalue weighted by Gasteiger charge is 2.20. The van der Waals surface area contributed by atoms with E-state index in [9.17, 15) is 0 Å². The van der Waals surface area contributed by atoms with Gasteiger partial charge in [0.05, 0.1) is 24.6 Å². The highest BCUT2D eigenvalue weighted by molar-refractivity contribution is 6.36. The molecule has 0 saturated carbocycles. The molecule has 2 aromatic carbocycles. The molecule has 0 aliphatic heterocycles. The summed E-state index contributed by atoms with van der Waals surface area (Å²) in [7, 11) is 3.09. The molecule has 1 atom stereocenters. The number of methoxy groups -OCH3 is 2. The normalized spacial score (nSPS) is 12.1. The quantitative estimate of drug-likeness (QED) is 0.619. The van der Waals surface area contributed by atoms with Crippen LogP contribution < -0.4 is 9.47 Å². The Hall–Kier alpha value is -0.800. The Labute approximate surface area is 143 Å². The number of hydrogen-bond donors (Lipinski definition) is 0. The lowest BCUT2D eigenvalue weighted by Gasteiger charge is -2.17. The predicted molar refractivity (Wildman–Crippen MR) is 88.7 cm³/mol. The van der Waals surface area contributed by atoms with Gasteiger partial charge in [-0.2, -0.15) is 0 Å². The van der Waals surface area contributed by atoms with Crippen molar-refractivity contribution in [3.05, 3.63) is 56.5 Å². The average Bonchev–Trinajstić information content (AvgIpc) is 2.48. The van der Waals surface area contributed by atoms with Crippen LogP contribution in [0.4, 0.5) is 0 Å². The van der Waals surface area contributed by atoms with E-state index in [1.54, 1.807) is 37.4 Å². The molecule has 0 bridgehead atoms. The Balaban J connectivity index is 2.52. The molecular formula is C15H12Cl4O2. The fourth-order valence-corrected chi connectivity index (χ4v) is 3.06. The van der Waals surface area contributed by atoms with Crippen molar-refractivity contribution in [3.8, 4) is 11.5 Å². The second kappa shape index (κ2) is 6.97. The summed E-state index contributed by atoms with van der Waals surface area (Å²) < 4.78 is 10.4. The maximum Gasteiger partial charge on any atom is 0.138 e. The molecule has 0 heterocycles. The minimum absolute atomic E-state index is 0.434. The van der Waals surface area contributed by atoms with Crippen LogP contribution >= 0.6 is 46.4 Å². The first-order valence-corrected chi connectivity index (χ1v) is 7.55. The summed E-state index contributed by atoms with van der Waals surface area (Å²) >= 11 is 25.0. The van der Waals surface area contributed by atoms with Gasteiger partial charge < -0.3 is 9.47 Å². The minimum Gasteiger partial charge on any atom is -0.496 e. The molecule has 2 aromatic rings. The highest BCUT2D eigenvalue weighted by atomic mass is 35.5. The average molecular weight is 366 g/mol. The number of hydrogen-bond acceptors (Lipinski definition) is 2. The Morgan fingerprint density at radius 2 is 1.48 bits per heavy atom. The maximum absolute atomic E-state index is 6.54. The third-order valence-electron chi connectivity index (χ3n) is 3.01. The van der Waals surface area contributed by atoms with Gasteiger partial charge in [0, 0.05) is 21.7 Å². The molecule has 0 aliphatic carbocycles. The number of benzene rings is 2. The molecule has 6 heteroatoms. The molecule has 0 fully saturated rings. The summed E-state index contributed by atoms with van der Waals surface area (Å²) in [5, 5.41) is 0.906. The molecular weight excluding hydrogens is 354 g/mol. The monoisotopic (exact) mass is 364 g/mol. The van der Waals surface area contributed by atoms with Crippen LogP contribution in [0.15, 0.2) is 30.3 Å². The highest BCUT2D eigenvalue weighted by Crippen LogP contribution is 2.42. The summed E-state index contributed by atoms with van der Waals surface area (Å²) in [5.41, 5.74) is 1.37. The van der Waals surface area contributed by atoms with E-state index in [1.807, 2.05) is 0 Å². The van der Waals surface area contributed by atoms with Gasteiger partial charge >= 0.3 is 0 Å². The van der Waals surface area contributed by atoms with E-state index < -0.39 is 5.38 Å². The van der Waals surface area contributed by atoms with Gasteiger partial charge in [-0.3, -0.25) is 0 Å². The maximum atomic E-state index is 6.54. The van der Waals surface area contributed by atoms with E-state index in [0.717, 1.165) is 5.56 Å². The topological polar surface area (TPSA) is 18.5 Å². The van der Waals surface area contributed by atoms with Crippen LogP contribution in [0.3, 0.4) is 0 Å². The molecule has 2 nitrogen and oxygen atoms in total. The van der Waals surface area contributed by atoms with Crippen molar-refractivity contribution in [2.45, 2.75) is 5.38 Å². The van der Waals surface area contributed by atoms with Crippen molar-refractivity contribution >= 4 is 46.4 Å². The van der Waals surface area contributed by atoms with Crippen LogP contribution in [-0.4, -0.2) is 14.2 Å². The molecule has 0 amide bonds. The third kappa shape index (κ3) is 3.51. The van der Waals surface area contributed by atoms with Crippen molar-refractivity contribution in [3.63, 3.8) is 0 Å². The fraction of sp³-hybridized carbons (Fsp3) is 0.200. The first-order chi connectivity index (χ1) is 9.97. The Morgan fingerprint density at radius 3 is 2.10 bits per heavy atom. The number of ether oxygens (including phenoxy) is 2. The molecule has 1 unspecified atom stereocenters. The third-order valence-corrected chi connectivity index (χ3v) is 4.34. The van der Waals surface area contributed by atoms with Crippen molar-refractivity contribution in [1.82, 2.24) is 0 Å². The lowest BCUT2D eigenvalue weighted by molar-refractivity contribution is 0.410. The number of rotatable bonds is 4. The molecule has 21 heavy (non-hydrogen) atoms. The zero-order valence-electron chi connectivity index (χ0n) is 11.3. The van der Waals surface area contributed by atoms with Gasteiger partial charge in [0.25, 0.3) is 0 Å². The summed E-state index contributed by atoms with van der Waals surface area (Å²) in [6.07, 6.45) is 0. The van der Waals surface area contributed by atoms with E-state index in [1.165, 1.54) is 7.11 Å². The van der Waals surface area contributed by atoms with Crippen molar-refractivity contribution in [2.75, 3.05) is 14.2 Å². The van der Waals surface area contributed by atoms with Crippen LogP contribution in [0.2, 0.25) is 15.1 Å². The van der Waals surface area contributed by atoms with E-state index in [2.05, 4.69) is 0 Å². The van der Waals surface area contributed by atoms with Crippen LogP contribution in [0.5, 0.6) is 11.5 Å². The molecule has 112 valence electrons. The second-order valence-corrected chi connectivity index (χ2v) is 5.94. The first-order valence-electron chi connectivity index (χ1n) is 5.98. The standard InChI is InChI=1S/C15H12Cl4O2/c1-20-13-4-3-8(16)5-10(13)15(19)9-6-12(18)14(21-2)7-11(9)17/h3-7,15H,1-2H3. The molecule has 0 N–H and O–H groups in total. The van der Waals surface area contributed by atoms with Gasteiger partial charge in [-0.1, -0.05) is 34.8 Å². The summed E-state index contributed by atoms with van der Waals surface area (Å²) in [4.78, 5) is 0. The molecule has 0 radical (unpaired) electrons. The van der Waals surface area contributed by atoms with Crippen LogP contribution in [0, 0.1) is 0 Å². The van der Waals surface area contributed by atoms with E-state index in [4.69, 9.17) is 55.9 Å². The largest absolute Gasteiger partial charge is 0.496 e. The van der Waals surface area contributed by atoms with Crippen molar-refractivity contribution in [2.24, 2.45) is 0 Å². The van der Waals surface area contributed by atoms with Crippen LogP contribution in [0.1, 0.15) is 16.5 Å². The fourth-order valence-electron chi connectivity index (χ4n) is 1.97. The minimum atomic E-state index is -0.547. The van der Waals surface area contributed by atoms with Crippen molar-refractivity contribution in [1.29, 1.82) is 0 Å². The number of halogens is 4. The van der Waals surface area contributed by atoms with Gasteiger partial charge in [0.2, 0.25) is 0 Å². The van der Waals surface area contributed by atoms with E-state index in [0.29, 0.717) is 32.1 Å². The summed E-state index contributed by atoms with van der Waals surface area (Å²) in [6, 6.07) is 8.54. The second-order valence-electron chi connectivity index (χ2n) is 4.26. The van der Waals surface area contributed by atoms with Gasteiger partial charge in [-0.25, -0.2) is 0 Å². The summed E-state index contributed by atoms with van der Waals surface area (Å²) in [5.74, 6) is 1.12. The van der Waals surface area contributed by atoms with Gasteiger partial charge in [-0.15, -0.1) is 11.6 Å². The predicted octanol–water partition coefficient (Wildman–Crippen LogP) is 5.99. The lowest BCUT2D eigenvalue weighted by atomic mass is 10.0. The first kappa shape index (κ1) is 16.6. The Morgan fingerprint density at radius 1 is 0.810 bits per heavy atom. The molecule has 0 aliphatic rings. The molecule has 0 spiro atoms. The van der Waals surface area contributed by atoms with Crippen molar-refractivity contribution < 1.29 is 9.47 Å². The summed E-state index contributed by atoms with van der Waals surface area (Å²) in [6.45, 7) is 0. The lowest BCUT2D eigenvalue weighted by Crippen LogP contribution is -1.99. The SMILES string of the molecule is COc1cc(Cl)c(C(Cl)c2cc(Cl)ccc2OC)cc1Cl. The van der Waals surface area contributed by atoms with Gasteiger partial charge in [0.1, 0.15) is 11.5 Å². The van der Waals surface area contributed by atoms with Crippen LogP contribution in [0.25, 0.3) is 0 Å². The zero-order valence-corrected chi connectivity index (χ0v) is 14.3. The van der Waals surface area contributed by atoms with E-state index >= 15 is 0 Å². The van der Waals surface area contributed by atoms with Crippen LogP contribution in [-0.2, 0) is 0 Å².